The van der Waals surface area contributed by atoms with Gasteiger partial charge in [-0.2, -0.15) is 13.2 Å². The standard InChI is InChI=1S/C24H33F3O6/c1-15-13-17(28)14-22(2,3)18(15)11-12-19(20(29)31-4)33-21(30)23(32-5,24(25,26)27)16-9-7-6-8-10-16/h6-10,15,17-19,28H,11-14H2,1-5H3/t15-,17-,18+,19-,23+/m1/s1. The Morgan fingerprint density at radius 1 is 1.18 bits per heavy atom. The largest absolute Gasteiger partial charge is 0.466 e. The summed E-state index contributed by atoms with van der Waals surface area (Å²) in [5.74, 6) is -2.48. The highest BCUT2D eigenvalue weighted by molar-refractivity contribution is 5.86. The first-order chi connectivity index (χ1) is 15.3. The molecule has 0 radical (unpaired) electrons. The van der Waals surface area contributed by atoms with E-state index in [2.05, 4.69) is 0 Å². The third kappa shape index (κ3) is 5.69. The van der Waals surface area contributed by atoms with Crippen molar-refractivity contribution in [3.63, 3.8) is 0 Å². The second-order valence-electron chi connectivity index (χ2n) is 9.41. The average molecular weight is 475 g/mol. The highest BCUT2D eigenvalue weighted by Crippen LogP contribution is 2.47. The van der Waals surface area contributed by atoms with Crippen molar-refractivity contribution >= 4 is 11.9 Å². The van der Waals surface area contributed by atoms with E-state index in [1.807, 2.05) is 20.8 Å². The van der Waals surface area contributed by atoms with Crippen molar-refractivity contribution in [3.8, 4) is 0 Å². The summed E-state index contributed by atoms with van der Waals surface area (Å²) < 4.78 is 57.0. The molecule has 1 N–H and O–H groups in total. The van der Waals surface area contributed by atoms with Crippen LogP contribution < -0.4 is 0 Å². The Bertz CT molecular complexity index is 810. The molecule has 0 heterocycles. The molecule has 9 heteroatoms. The zero-order valence-electron chi connectivity index (χ0n) is 19.6. The van der Waals surface area contributed by atoms with E-state index in [9.17, 15) is 27.9 Å². The van der Waals surface area contributed by atoms with Crippen molar-refractivity contribution in [2.45, 2.75) is 70.4 Å². The van der Waals surface area contributed by atoms with Gasteiger partial charge in [-0.05, 0) is 42.9 Å². The fraction of sp³-hybridized carbons (Fsp3) is 0.667. The van der Waals surface area contributed by atoms with Gasteiger partial charge in [-0.1, -0.05) is 51.1 Å². The Labute approximate surface area is 192 Å². The summed E-state index contributed by atoms with van der Waals surface area (Å²) in [4.78, 5) is 25.3. The number of aliphatic hydroxyl groups is 1. The number of methoxy groups -OCH3 is 2. The van der Waals surface area contributed by atoms with Gasteiger partial charge in [-0.3, -0.25) is 0 Å². The van der Waals surface area contributed by atoms with E-state index in [1.54, 1.807) is 0 Å². The van der Waals surface area contributed by atoms with Gasteiger partial charge in [0.1, 0.15) is 0 Å². The molecule has 186 valence electrons. The van der Waals surface area contributed by atoms with Crippen molar-refractivity contribution in [2.24, 2.45) is 17.3 Å². The molecule has 0 bridgehead atoms. The van der Waals surface area contributed by atoms with Gasteiger partial charge in [0.15, 0.2) is 6.10 Å². The predicted octanol–water partition coefficient (Wildman–Crippen LogP) is 4.39. The van der Waals surface area contributed by atoms with Crippen molar-refractivity contribution < 1.29 is 42.1 Å². The van der Waals surface area contributed by atoms with Crippen LogP contribution in [-0.4, -0.2) is 49.6 Å². The molecule has 1 saturated carbocycles. The van der Waals surface area contributed by atoms with Gasteiger partial charge in [0.2, 0.25) is 0 Å². The molecule has 0 unspecified atom stereocenters. The fourth-order valence-corrected chi connectivity index (χ4v) is 5.17. The Morgan fingerprint density at radius 3 is 2.27 bits per heavy atom. The van der Waals surface area contributed by atoms with Crippen molar-refractivity contribution in [2.75, 3.05) is 14.2 Å². The summed E-state index contributed by atoms with van der Waals surface area (Å²) >= 11 is 0. The first-order valence-electron chi connectivity index (χ1n) is 10.9. The summed E-state index contributed by atoms with van der Waals surface area (Å²) in [6.45, 7) is 6.00. The lowest BCUT2D eigenvalue weighted by Gasteiger charge is -2.45. The number of carbonyl (C=O) groups is 2. The Morgan fingerprint density at radius 2 is 1.79 bits per heavy atom. The smallest absolute Gasteiger partial charge is 0.432 e. The Kier molecular flexibility index (Phi) is 8.57. The molecule has 0 aromatic heterocycles. The molecule has 33 heavy (non-hydrogen) atoms. The number of rotatable bonds is 8. The summed E-state index contributed by atoms with van der Waals surface area (Å²) in [5.41, 5.74) is -4.10. The van der Waals surface area contributed by atoms with Gasteiger partial charge in [0, 0.05) is 12.7 Å². The molecule has 2 rings (SSSR count). The molecule has 1 aromatic rings. The summed E-state index contributed by atoms with van der Waals surface area (Å²) in [7, 11) is 1.85. The van der Waals surface area contributed by atoms with E-state index in [0.29, 0.717) is 19.3 Å². The number of esters is 2. The number of hydrogen-bond donors (Lipinski definition) is 1. The van der Waals surface area contributed by atoms with E-state index in [0.717, 1.165) is 26.4 Å². The van der Waals surface area contributed by atoms with Crippen LogP contribution >= 0.6 is 0 Å². The minimum Gasteiger partial charge on any atom is -0.466 e. The monoisotopic (exact) mass is 474 g/mol. The molecule has 1 aliphatic rings. The lowest BCUT2D eigenvalue weighted by Crippen LogP contribution is -2.53. The van der Waals surface area contributed by atoms with E-state index in [-0.39, 0.29) is 23.7 Å². The minimum absolute atomic E-state index is 0.0145. The van der Waals surface area contributed by atoms with Crippen LogP contribution in [-0.2, 0) is 29.4 Å². The third-order valence-electron chi connectivity index (χ3n) is 6.72. The van der Waals surface area contributed by atoms with E-state index < -0.39 is 41.5 Å². The van der Waals surface area contributed by atoms with Crippen LogP contribution in [0, 0.1) is 17.3 Å². The lowest BCUT2D eigenvalue weighted by molar-refractivity contribution is -0.278. The van der Waals surface area contributed by atoms with Gasteiger partial charge in [-0.25, -0.2) is 9.59 Å². The van der Waals surface area contributed by atoms with Crippen LogP contribution in [0.3, 0.4) is 0 Å². The quantitative estimate of drug-likeness (QED) is 0.563. The average Bonchev–Trinajstić information content (AvgIpc) is 2.71. The molecule has 1 fully saturated rings. The summed E-state index contributed by atoms with van der Waals surface area (Å²) in [5, 5.41) is 10.1. The number of alkyl halides is 3. The number of benzene rings is 1. The highest BCUT2D eigenvalue weighted by Gasteiger charge is 2.64. The maximum atomic E-state index is 14.1. The van der Waals surface area contributed by atoms with Gasteiger partial charge in [-0.15, -0.1) is 0 Å². The number of aliphatic hydroxyl groups excluding tert-OH is 1. The van der Waals surface area contributed by atoms with Crippen LogP contribution in [0.4, 0.5) is 13.2 Å². The first kappa shape index (κ1) is 27.1. The van der Waals surface area contributed by atoms with Crippen LogP contribution in [0.15, 0.2) is 30.3 Å². The lowest BCUT2D eigenvalue weighted by atomic mass is 9.61. The first-order valence-corrected chi connectivity index (χ1v) is 10.9. The molecule has 0 amide bonds. The van der Waals surface area contributed by atoms with Crippen LogP contribution in [0.25, 0.3) is 0 Å². The molecule has 1 aliphatic carbocycles. The predicted molar refractivity (Wildman–Crippen MR) is 114 cm³/mol. The van der Waals surface area contributed by atoms with E-state index in [1.165, 1.54) is 18.2 Å². The summed E-state index contributed by atoms with van der Waals surface area (Å²) in [6, 6.07) is 6.43. The van der Waals surface area contributed by atoms with E-state index >= 15 is 0 Å². The third-order valence-corrected chi connectivity index (χ3v) is 6.72. The molecular formula is C24H33F3O6. The maximum absolute atomic E-state index is 14.1. The van der Waals surface area contributed by atoms with Crippen molar-refractivity contribution in [1.29, 1.82) is 0 Å². The molecule has 0 aliphatic heterocycles. The molecule has 5 atom stereocenters. The fourth-order valence-electron chi connectivity index (χ4n) is 5.17. The van der Waals surface area contributed by atoms with Crippen LogP contribution in [0.1, 0.15) is 52.0 Å². The van der Waals surface area contributed by atoms with Crippen molar-refractivity contribution in [1.82, 2.24) is 0 Å². The number of carbonyl (C=O) groups excluding carboxylic acids is 2. The minimum atomic E-state index is -5.14. The molecule has 0 saturated heterocycles. The van der Waals surface area contributed by atoms with Gasteiger partial charge in [0.25, 0.3) is 5.60 Å². The maximum Gasteiger partial charge on any atom is 0.432 e. The SMILES string of the molecule is COC(=O)[C@@H](CC[C@H]1[C@H](C)C[C@@H](O)CC1(C)C)OC(=O)[C@@](OC)(c1ccccc1)C(F)(F)F. The Hall–Kier alpha value is -2.13. The molecule has 0 spiro atoms. The van der Waals surface area contributed by atoms with Gasteiger partial charge in [0.05, 0.1) is 13.2 Å². The Balaban J connectivity index is 2.30. The number of hydrogen-bond acceptors (Lipinski definition) is 6. The normalized spacial score (nSPS) is 25.5. The summed E-state index contributed by atoms with van der Waals surface area (Å²) in [6.07, 6.45) is -5.55. The van der Waals surface area contributed by atoms with E-state index in [4.69, 9.17) is 14.2 Å². The highest BCUT2D eigenvalue weighted by atomic mass is 19.4. The molecule has 6 nitrogen and oxygen atoms in total. The second-order valence-corrected chi connectivity index (χ2v) is 9.41. The van der Waals surface area contributed by atoms with Crippen LogP contribution in [0.2, 0.25) is 0 Å². The zero-order chi connectivity index (χ0) is 25.0. The zero-order valence-corrected chi connectivity index (χ0v) is 19.6. The van der Waals surface area contributed by atoms with Gasteiger partial charge < -0.3 is 19.3 Å². The second kappa shape index (κ2) is 10.4. The number of halogens is 3. The van der Waals surface area contributed by atoms with Crippen LogP contribution in [0.5, 0.6) is 0 Å². The van der Waals surface area contributed by atoms with Gasteiger partial charge >= 0.3 is 18.1 Å². The topological polar surface area (TPSA) is 82.1 Å². The number of ether oxygens (including phenoxy) is 3. The molecular weight excluding hydrogens is 441 g/mol. The van der Waals surface area contributed by atoms with Crippen molar-refractivity contribution in [3.05, 3.63) is 35.9 Å². The molecule has 1 aromatic carbocycles.